The van der Waals surface area contributed by atoms with Gasteiger partial charge in [-0.3, -0.25) is 9.58 Å². The summed E-state index contributed by atoms with van der Waals surface area (Å²) >= 11 is 0. The largest absolute Gasteiger partial charge is 0.327 e. The van der Waals surface area contributed by atoms with E-state index in [1.807, 2.05) is 0 Å². The van der Waals surface area contributed by atoms with Crippen LogP contribution in [0.15, 0.2) is 0 Å². The van der Waals surface area contributed by atoms with Crippen LogP contribution in [-0.4, -0.2) is 33.8 Å². The van der Waals surface area contributed by atoms with Gasteiger partial charge in [-0.15, -0.1) is 0 Å². The third kappa shape index (κ3) is 2.84. The van der Waals surface area contributed by atoms with Crippen LogP contribution in [0.5, 0.6) is 0 Å². The Hall–Kier alpha value is -0.870. The third-order valence-corrected chi connectivity index (χ3v) is 4.42. The quantitative estimate of drug-likeness (QED) is 0.911. The van der Waals surface area contributed by atoms with Gasteiger partial charge in [0.2, 0.25) is 0 Å². The van der Waals surface area contributed by atoms with Crippen molar-refractivity contribution in [1.29, 1.82) is 0 Å². The van der Waals surface area contributed by atoms with Crippen LogP contribution in [-0.2, 0) is 6.54 Å². The van der Waals surface area contributed by atoms with Crippen LogP contribution in [0, 0.1) is 19.8 Å². The predicted octanol–water partition coefficient (Wildman–Crippen LogP) is 2.25. The van der Waals surface area contributed by atoms with Crippen molar-refractivity contribution >= 4 is 0 Å². The van der Waals surface area contributed by atoms with Gasteiger partial charge in [0, 0.05) is 43.0 Å². The lowest BCUT2D eigenvalue weighted by atomic mass is 9.93. The average molecular weight is 264 g/mol. The maximum absolute atomic E-state index is 6.18. The van der Waals surface area contributed by atoms with Crippen LogP contribution in [0.3, 0.4) is 0 Å². The standard InChI is InChI=1S/C15H28N4/c1-6-19-13(5)15(11(3)17-19)12(4)18-8-10(2)7-14(16)9-18/h10,12,14H,6-9,16H2,1-5H3. The zero-order valence-electron chi connectivity index (χ0n) is 13.0. The van der Waals surface area contributed by atoms with Crippen LogP contribution in [0.25, 0.3) is 0 Å². The molecule has 1 aliphatic rings. The Balaban J connectivity index is 2.23. The van der Waals surface area contributed by atoms with Crippen LogP contribution >= 0.6 is 0 Å². The van der Waals surface area contributed by atoms with Crippen molar-refractivity contribution in [3.8, 4) is 0 Å². The van der Waals surface area contributed by atoms with Gasteiger partial charge in [0.25, 0.3) is 0 Å². The van der Waals surface area contributed by atoms with Crippen molar-refractivity contribution in [3.63, 3.8) is 0 Å². The summed E-state index contributed by atoms with van der Waals surface area (Å²) in [6, 6.07) is 0.724. The molecular weight excluding hydrogens is 236 g/mol. The fourth-order valence-corrected chi connectivity index (χ4v) is 3.56. The first-order valence-corrected chi connectivity index (χ1v) is 7.47. The minimum absolute atomic E-state index is 0.313. The molecule has 0 bridgehead atoms. The average Bonchev–Trinajstić information content (AvgIpc) is 2.62. The Morgan fingerprint density at radius 2 is 2.05 bits per heavy atom. The predicted molar refractivity (Wildman–Crippen MR) is 79.1 cm³/mol. The Bertz CT molecular complexity index is 428. The third-order valence-electron chi connectivity index (χ3n) is 4.42. The van der Waals surface area contributed by atoms with Gasteiger partial charge in [0.15, 0.2) is 0 Å². The molecule has 4 heteroatoms. The summed E-state index contributed by atoms with van der Waals surface area (Å²) in [6.45, 7) is 14.1. The number of aromatic nitrogens is 2. The fourth-order valence-electron chi connectivity index (χ4n) is 3.56. The van der Waals surface area contributed by atoms with Crippen LogP contribution in [0.4, 0.5) is 0 Å². The van der Waals surface area contributed by atoms with Crippen LogP contribution in [0.1, 0.15) is 50.2 Å². The van der Waals surface area contributed by atoms with E-state index in [4.69, 9.17) is 5.73 Å². The van der Waals surface area contributed by atoms with Gasteiger partial charge in [-0.05, 0) is 40.0 Å². The summed E-state index contributed by atoms with van der Waals surface area (Å²) in [6.07, 6.45) is 1.15. The number of nitrogens with two attached hydrogens (primary N) is 1. The molecule has 1 fully saturated rings. The molecular formula is C15H28N4. The molecule has 108 valence electrons. The summed E-state index contributed by atoms with van der Waals surface area (Å²) < 4.78 is 2.11. The molecule has 0 spiro atoms. The molecule has 0 aliphatic carbocycles. The van der Waals surface area contributed by atoms with Crippen molar-refractivity contribution in [2.45, 2.75) is 59.7 Å². The lowest BCUT2D eigenvalue weighted by molar-refractivity contribution is 0.123. The Kier molecular flexibility index (Phi) is 4.31. The second-order valence-corrected chi connectivity index (χ2v) is 6.13. The normalized spacial score (nSPS) is 26.6. The Labute approximate surface area is 117 Å². The minimum Gasteiger partial charge on any atom is -0.327 e. The Morgan fingerprint density at radius 1 is 1.37 bits per heavy atom. The summed E-state index contributed by atoms with van der Waals surface area (Å²) in [5.41, 5.74) is 10.0. The van der Waals surface area contributed by atoms with Gasteiger partial charge >= 0.3 is 0 Å². The zero-order chi connectivity index (χ0) is 14.2. The summed E-state index contributed by atoms with van der Waals surface area (Å²) in [5, 5.41) is 4.64. The summed E-state index contributed by atoms with van der Waals surface area (Å²) in [4.78, 5) is 2.52. The van der Waals surface area contributed by atoms with Crippen LogP contribution < -0.4 is 5.73 Å². The lowest BCUT2D eigenvalue weighted by Gasteiger charge is -2.38. The maximum atomic E-state index is 6.18. The second-order valence-electron chi connectivity index (χ2n) is 6.13. The summed E-state index contributed by atoms with van der Waals surface area (Å²) in [5.74, 6) is 0.688. The topological polar surface area (TPSA) is 47.1 Å². The van der Waals surface area contributed by atoms with Crippen molar-refractivity contribution in [1.82, 2.24) is 14.7 Å². The number of aryl methyl sites for hydroxylation is 2. The number of nitrogens with zero attached hydrogens (tertiary/aromatic N) is 3. The lowest BCUT2D eigenvalue weighted by Crippen LogP contribution is -2.47. The highest BCUT2D eigenvalue weighted by molar-refractivity contribution is 5.28. The number of hydrogen-bond acceptors (Lipinski definition) is 3. The van der Waals surface area contributed by atoms with E-state index < -0.39 is 0 Å². The zero-order valence-corrected chi connectivity index (χ0v) is 13.0. The molecule has 1 aliphatic heterocycles. The molecule has 3 atom stereocenters. The molecule has 0 aromatic carbocycles. The molecule has 0 amide bonds. The van der Waals surface area contributed by atoms with E-state index in [1.165, 1.54) is 17.0 Å². The summed E-state index contributed by atoms with van der Waals surface area (Å²) in [7, 11) is 0. The SMILES string of the molecule is CCn1nc(C)c(C(C)N2CC(C)CC(N)C2)c1C. The van der Waals surface area contributed by atoms with E-state index in [0.29, 0.717) is 18.0 Å². The van der Waals surface area contributed by atoms with E-state index in [2.05, 4.69) is 49.3 Å². The van der Waals surface area contributed by atoms with Crippen molar-refractivity contribution in [2.24, 2.45) is 11.7 Å². The molecule has 2 rings (SSSR count). The highest BCUT2D eigenvalue weighted by Gasteiger charge is 2.29. The number of rotatable bonds is 3. The molecule has 0 saturated carbocycles. The molecule has 1 aromatic rings. The van der Waals surface area contributed by atoms with Gasteiger partial charge in [-0.25, -0.2) is 0 Å². The monoisotopic (exact) mass is 264 g/mol. The smallest absolute Gasteiger partial charge is 0.0644 e. The van der Waals surface area contributed by atoms with Gasteiger partial charge < -0.3 is 5.73 Å². The van der Waals surface area contributed by atoms with Crippen molar-refractivity contribution < 1.29 is 0 Å². The van der Waals surface area contributed by atoms with Gasteiger partial charge in [0.05, 0.1) is 5.69 Å². The molecule has 4 nitrogen and oxygen atoms in total. The van der Waals surface area contributed by atoms with E-state index in [1.54, 1.807) is 0 Å². The highest BCUT2D eigenvalue weighted by atomic mass is 15.3. The molecule has 19 heavy (non-hydrogen) atoms. The fraction of sp³-hybridized carbons (Fsp3) is 0.800. The van der Waals surface area contributed by atoms with Gasteiger partial charge in [-0.2, -0.15) is 5.10 Å². The highest BCUT2D eigenvalue weighted by Crippen LogP contribution is 2.30. The number of likely N-dealkylation sites (tertiary alicyclic amines) is 1. The number of piperidine rings is 1. The first-order valence-electron chi connectivity index (χ1n) is 7.47. The van der Waals surface area contributed by atoms with Gasteiger partial charge in [-0.1, -0.05) is 6.92 Å². The van der Waals surface area contributed by atoms with Gasteiger partial charge in [0.1, 0.15) is 0 Å². The molecule has 2 N–H and O–H groups in total. The minimum atomic E-state index is 0.313. The molecule has 2 heterocycles. The second kappa shape index (κ2) is 5.63. The Morgan fingerprint density at radius 3 is 2.58 bits per heavy atom. The first-order chi connectivity index (χ1) is 8.93. The van der Waals surface area contributed by atoms with Crippen molar-refractivity contribution in [3.05, 3.63) is 17.0 Å². The van der Waals surface area contributed by atoms with E-state index in [9.17, 15) is 0 Å². The molecule has 1 aromatic heterocycles. The van der Waals surface area contributed by atoms with Crippen molar-refractivity contribution in [2.75, 3.05) is 13.1 Å². The van der Waals surface area contributed by atoms with E-state index in [0.717, 1.165) is 26.1 Å². The van der Waals surface area contributed by atoms with E-state index in [-0.39, 0.29) is 0 Å². The maximum Gasteiger partial charge on any atom is 0.0644 e. The van der Waals surface area contributed by atoms with E-state index >= 15 is 0 Å². The first kappa shape index (κ1) is 14.5. The molecule has 0 radical (unpaired) electrons. The molecule has 1 saturated heterocycles. The molecule has 3 unspecified atom stereocenters. The van der Waals surface area contributed by atoms with Crippen LogP contribution in [0.2, 0.25) is 0 Å². The number of hydrogen-bond donors (Lipinski definition) is 1.